The van der Waals surface area contributed by atoms with Crippen molar-refractivity contribution in [1.82, 2.24) is 0 Å². The van der Waals surface area contributed by atoms with E-state index in [1.165, 1.54) is 5.57 Å². The van der Waals surface area contributed by atoms with Gasteiger partial charge in [-0.1, -0.05) is 19.4 Å². The predicted octanol–water partition coefficient (Wildman–Crippen LogP) is 3.79. The van der Waals surface area contributed by atoms with E-state index in [0.717, 1.165) is 44.9 Å². The van der Waals surface area contributed by atoms with Crippen LogP contribution in [0.5, 0.6) is 0 Å². The highest BCUT2D eigenvalue weighted by Gasteiger charge is 2.60. The molecule has 0 aromatic carbocycles. The molecule has 4 aliphatic rings. The zero-order valence-corrected chi connectivity index (χ0v) is 15.2. The summed E-state index contributed by atoms with van der Waals surface area (Å²) in [4.78, 5) is 35.4. The molecule has 0 saturated heterocycles. The minimum atomic E-state index is -1.26. The molecule has 4 nitrogen and oxygen atoms in total. The van der Waals surface area contributed by atoms with Crippen molar-refractivity contribution in [2.75, 3.05) is 0 Å². The fraction of sp³-hybridized carbons (Fsp3) is 0.762. The van der Waals surface area contributed by atoms with Crippen LogP contribution < -0.4 is 0 Å². The second kappa shape index (κ2) is 5.52. The van der Waals surface area contributed by atoms with Gasteiger partial charge in [0.15, 0.2) is 5.78 Å². The normalized spacial score (nSPS) is 45.8. The third kappa shape index (κ3) is 2.29. The molecule has 0 aromatic heterocycles. The van der Waals surface area contributed by atoms with Gasteiger partial charge in [-0.05, 0) is 79.6 Å². The maximum atomic E-state index is 12.2. The minimum absolute atomic E-state index is 0.132. The fourth-order valence-corrected chi connectivity index (χ4v) is 7.14. The summed E-state index contributed by atoms with van der Waals surface area (Å²) >= 11 is 0. The summed E-state index contributed by atoms with van der Waals surface area (Å²) in [6.07, 6.45) is 9.33. The standard InChI is InChI=1S/C21H28O4/c1-20-9-7-13(22)11-12(20)3-4-14-15-5-6-17(18(23)19(24)25)21(15,2)10-8-16(14)20/h11,14-17H,3-10H2,1-2H3,(H,24,25). The summed E-state index contributed by atoms with van der Waals surface area (Å²) in [5.74, 6) is -0.267. The number of carbonyl (C=O) groups is 3. The average molecular weight is 344 g/mol. The van der Waals surface area contributed by atoms with E-state index in [-0.39, 0.29) is 22.5 Å². The first-order valence-electron chi connectivity index (χ1n) is 9.78. The number of Topliss-reactive ketones (excluding diaryl/α,β-unsaturated/α-hetero) is 1. The lowest BCUT2D eigenvalue weighted by molar-refractivity contribution is -0.154. The maximum Gasteiger partial charge on any atom is 0.372 e. The van der Waals surface area contributed by atoms with E-state index in [2.05, 4.69) is 13.8 Å². The summed E-state index contributed by atoms with van der Waals surface area (Å²) in [5.41, 5.74) is 1.33. The van der Waals surface area contributed by atoms with E-state index in [1.807, 2.05) is 6.08 Å². The van der Waals surface area contributed by atoms with Crippen LogP contribution in [-0.2, 0) is 14.4 Å². The molecule has 0 radical (unpaired) electrons. The highest BCUT2D eigenvalue weighted by atomic mass is 16.4. The Kier molecular flexibility index (Phi) is 3.75. The second-order valence-corrected chi connectivity index (χ2v) is 9.31. The van der Waals surface area contributed by atoms with Crippen LogP contribution in [0.4, 0.5) is 0 Å². The minimum Gasteiger partial charge on any atom is -0.475 e. The van der Waals surface area contributed by atoms with Crippen molar-refractivity contribution >= 4 is 17.5 Å². The number of carboxylic acids is 1. The van der Waals surface area contributed by atoms with Gasteiger partial charge in [0.25, 0.3) is 0 Å². The van der Waals surface area contributed by atoms with Gasteiger partial charge in [0.1, 0.15) is 0 Å². The number of allylic oxidation sites excluding steroid dienone is 1. The molecule has 25 heavy (non-hydrogen) atoms. The molecule has 0 amide bonds. The van der Waals surface area contributed by atoms with Crippen molar-refractivity contribution in [2.24, 2.45) is 34.5 Å². The van der Waals surface area contributed by atoms with E-state index in [4.69, 9.17) is 0 Å². The number of rotatable bonds is 2. The molecule has 0 aliphatic heterocycles. The molecule has 3 saturated carbocycles. The number of aliphatic carboxylic acids is 1. The summed E-state index contributed by atoms with van der Waals surface area (Å²) in [6, 6.07) is 0. The van der Waals surface area contributed by atoms with E-state index >= 15 is 0 Å². The Hall–Kier alpha value is -1.45. The number of ketones is 2. The smallest absolute Gasteiger partial charge is 0.372 e. The van der Waals surface area contributed by atoms with Crippen LogP contribution in [-0.4, -0.2) is 22.6 Å². The fourth-order valence-electron chi connectivity index (χ4n) is 7.14. The first-order chi connectivity index (χ1) is 11.8. The summed E-state index contributed by atoms with van der Waals surface area (Å²) in [6.45, 7) is 4.52. The lowest BCUT2D eigenvalue weighted by Crippen LogP contribution is -2.51. The van der Waals surface area contributed by atoms with Gasteiger partial charge in [-0.2, -0.15) is 0 Å². The van der Waals surface area contributed by atoms with Gasteiger partial charge < -0.3 is 5.11 Å². The van der Waals surface area contributed by atoms with Crippen molar-refractivity contribution in [3.05, 3.63) is 11.6 Å². The number of hydrogen-bond acceptors (Lipinski definition) is 3. The third-order valence-corrected chi connectivity index (χ3v) is 8.49. The van der Waals surface area contributed by atoms with Gasteiger partial charge in [0.05, 0.1) is 0 Å². The molecule has 3 fully saturated rings. The molecular formula is C21H28O4. The zero-order valence-electron chi connectivity index (χ0n) is 15.2. The van der Waals surface area contributed by atoms with Gasteiger partial charge in [-0.25, -0.2) is 4.79 Å². The van der Waals surface area contributed by atoms with Gasteiger partial charge in [-0.3, -0.25) is 9.59 Å². The predicted molar refractivity (Wildman–Crippen MR) is 92.8 cm³/mol. The van der Waals surface area contributed by atoms with Crippen LogP contribution in [0.2, 0.25) is 0 Å². The Labute approximate surface area is 149 Å². The van der Waals surface area contributed by atoms with Gasteiger partial charge in [0, 0.05) is 12.3 Å². The molecule has 136 valence electrons. The summed E-state index contributed by atoms with van der Waals surface area (Å²) < 4.78 is 0. The number of hydrogen-bond donors (Lipinski definition) is 1. The molecule has 6 atom stereocenters. The van der Waals surface area contributed by atoms with E-state index in [1.54, 1.807) is 0 Å². The van der Waals surface area contributed by atoms with Crippen LogP contribution in [0.1, 0.15) is 65.2 Å². The lowest BCUT2D eigenvalue weighted by atomic mass is 9.46. The van der Waals surface area contributed by atoms with Crippen LogP contribution in [0.3, 0.4) is 0 Å². The SMILES string of the molecule is CC12CCC(=O)C=C1CCC1C2CCC2(C)C(C(=O)C(=O)O)CCC12. The van der Waals surface area contributed by atoms with E-state index in [9.17, 15) is 19.5 Å². The van der Waals surface area contributed by atoms with Crippen molar-refractivity contribution in [2.45, 2.75) is 65.2 Å². The van der Waals surface area contributed by atoms with E-state index in [0.29, 0.717) is 24.2 Å². The summed E-state index contributed by atoms with van der Waals surface area (Å²) in [5, 5.41) is 9.21. The Balaban J connectivity index is 1.65. The van der Waals surface area contributed by atoms with Crippen LogP contribution in [0.25, 0.3) is 0 Å². The van der Waals surface area contributed by atoms with Crippen molar-refractivity contribution in [1.29, 1.82) is 0 Å². The topological polar surface area (TPSA) is 71.4 Å². The maximum absolute atomic E-state index is 12.2. The Morgan fingerprint density at radius 1 is 1.04 bits per heavy atom. The molecular weight excluding hydrogens is 316 g/mol. The van der Waals surface area contributed by atoms with Crippen LogP contribution in [0.15, 0.2) is 11.6 Å². The molecule has 0 bridgehead atoms. The monoisotopic (exact) mass is 344 g/mol. The Morgan fingerprint density at radius 3 is 2.52 bits per heavy atom. The van der Waals surface area contributed by atoms with Crippen molar-refractivity contribution < 1.29 is 19.5 Å². The molecule has 6 unspecified atom stereocenters. The van der Waals surface area contributed by atoms with Gasteiger partial charge in [-0.15, -0.1) is 0 Å². The number of carboxylic acid groups (broad SMARTS) is 1. The second-order valence-electron chi connectivity index (χ2n) is 9.31. The van der Waals surface area contributed by atoms with Crippen LogP contribution >= 0.6 is 0 Å². The first kappa shape index (κ1) is 17.0. The summed E-state index contributed by atoms with van der Waals surface area (Å²) in [7, 11) is 0. The number of fused-ring (bicyclic) bond motifs is 5. The van der Waals surface area contributed by atoms with E-state index < -0.39 is 11.8 Å². The molecule has 0 heterocycles. The third-order valence-electron chi connectivity index (χ3n) is 8.49. The quantitative estimate of drug-likeness (QED) is 0.774. The van der Waals surface area contributed by atoms with Crippen LogP contribution in [0, 0.1) is 34.5 Å². The molecule has 0 aromatic rings. The molecule has 4 heteroatoms. The average Bonchev–Trinajstić information content (AvgIpc) is 2.92. The number of carbonyl (C=O) groups excluding carboxylic acids is 2. The highest BCUT2D eigenvalue weighted by molar-refractivity contribution is 6.33. The van der Waals surface area contributed by atoms with Crippen molar-refractivity contribution in [3.8, 4) is 0 Å². The van der Waals surface area contributed by atoms with Gasteiger partial charge >= 0.3 is 5.97 Å². The Morgan fingerprint density at radius 2 is 1.80 bits per heavy atom. The van der Waals surface area contributed by atoms with Gasteiger partial charge in [0.2, 0.25) is 5.78 Å². The molecule has 1 N–H and O–H groups in total. The molecule has 4 rings (SSSR count). The first-order valence-corrected chi connectivity index (χ1v) is 9.78. The molecule has 0 spiro atoms. The highest BCUT2D eigenvalue weighted by Crippen LogP contribution is 2.66. The van der Waals surface area contributed by atoms with Crippen molar-refractivity contribution in [3.63, 3.8) is 0 Å². The zero-order chi connectivity index (χ0) is 18.0. The lowest BCUT2D eigenvalue weighted by Gasteiger charge is -2.58. The Bertz CT molecular complexity index is 677. The molecule has 4 aliphatic carbocycles. The largest absolute Gasteiger partial charge is 0.475 e.